The first-order valence-electron chi connectivity index (χ1n) is 6.46. The Morgan fingerprint density at radius 3 is 2.44 bits per heavy atom. The van der Waals surface area contributed by atoms with Gasteiger partial charge in [0.15, 0.2) is 0 Å². The van der Waals surface area contributed by atoms with Crippen molar-refractivity contribution in [3.63, 3.8) is 0 Å². The van der Waals surface area contributed by atoms with E-state index in [1.165, 1.54) is 0 Å². The number of hydrogen-bond donors (Lipinski definition) is 2. The molecule has 2 rings (SSSR count). The molecule has 3 unspecified atom stereocenters. The van der Waals surface area contributed by atoms with Gasteiger partial charge in [-0.25, -0.2) is 0 Å². The average Bonchev–Trinajstić information content (AvgIpc) is 2.26. The van der Waals surface area contributed by atoms with Gasteiger partial charge < -0.3 is 15.7 Å². The standard InChI is InChI=1S/C14H22N2OS/c1-9-7-16(8-10(2)18-9)12-4-5-13(11(3)15)14(17)6-12/h4-6,9-11,17H,7-8,15H2,1-3H3. The molecule has 0 aromatic heterocycles. The zero-order chi connectivity index (χ0) is 13.3. The SMILES string of the molecule is CC1CN(c2ccc(C(C)N)c(O)c2)CC(C)S1. The third kappa shape index (κ3) is 2.93. The van der Waals surface area contributed by atoms with E-state index in [1.54, 1.807) is 0 Å². The highest BCUT2D eigenvalue weighted by Crippen LogP contribution is 2.32. The molecule has 1 heterocycles. The van der Waals surface area contributed by atoms with Crippen LogP contribution in [0.3, 0.4) is 0 Å². The molecule has 1 aromatic rings. The molecule has 1 fully saturated rings. The van der Waals surface area contributed by atoms with Gasteiger partial charge >= 0.3 is 0 Å². The number of aromatic hydroxyl groups is 1. The highest BCUT2D eigenvalue weighted by atomic mass is 32.2. The lowest BCUT2D eigenvalue weighted by molar-refractivity contribution is 0.463. The highest BCUT2D eigenvalue weighted by Gasteiger charge is 2.23. The molecule has 4 heteroatoms. The van der Waals surface area contributed by atoms with Crippen molar-refractivity contribution in [3.05, 3.63) is 23.8 Å². The second-order valence-electron chi connectivity index (χ2n) is 5.19. The van der Waals surface area contributed by atoms with Crippen LogP contribution < -0.4 is 10.6 Å². The van der Waals surface area contributed by atoms with Crippen molar-refractivity contribution in [2.75, 3.05) is 18.0 Å². The zero-order valence-corrected chi connectivity index (χ0v) is 12.1. The molecule has 0 radical (unpaired) electrons. The quantitative estimate of drug-likeness (QED) is 0.864. The Morgan fingerprint density at radius 1 is 1.33 bits per heavy atom. The lowest BCUT2D eigenvalue weighted by Crippen LogP contribution is -2.40. The summed E-state index contributed by atoms with van der Waals surface area (Å²) in [6.45, 7) is 8.46. The molecular formula is C14H22N2OS. The maximum atomic E-state index is 10.0. The van der Waals surface area contributed by atoms with Crippen molar-refractivity contribution in [2.24, 2.45) is 5.73 Å². The highest BCUT2D eigenvalue weighted by molar-refractivity contribution is 8.00. The van der Waals surface area contributed by atoms with Crippen LogP contribution in [0.15, 0.2) is 18.2 Å². The van der Waals surface area contributed by atoms with Crippen LogP contribution in [0.5, 0.6) is 5.75 Å². The molecule has 0 amide bonds. The molecule has 1 aliphatic heterocycles. The molecule has 1 aliphatic rings. The van der Waals surface area contributed by atoms with Gasteiger partial charge in [0.25, 0.3) is 0 Å². The lowest BCUT2D eigenvalue weighted by Gasteiger charge is -2.36. The largest absolute Gasteiger partial charge is 0.508 e. The van der Waals surface area contributed by atoms with E-state index < -0.39 is 0 Å². The normalized spacial score (nSPS) is 26.1. The number of nitrogens with zero attached hydrogens (tertiary/aromatic N) is 1. The smallest absolute Gasteiger partial charge is 0.122 e. The number of anilines is 1. The van der Waals surface area contributed by atoms with Gasteiger partial charge in [0.1, 0.15) is 5.75 Å². The van der Waals surface area contributed by atoms with Crippen molar-refractivity contribution >= 4 is 17.4 Å². The number of thioether (sulfide) groups is 1. The fourth-order valence-corrected chi connectivity index (χ4v) is 3.83. The first-order valence-corrected chi connectivity index (χ1v) is 7.40. The Labute approximate surface area is 113 Å². The second kappa shape index (κ2) is 5.41. The van der Waals surface area contributed by atoms with Crippen LogP contribution >= 0.6 is 11.8 Å². The minimum atomic E-state index is -0.131. The lowest BCUT2D eigenvalue weighted by atomic mass is 10.1. The van der Waals surface area contributed by atoms with Crippen molar-refractivity contribution in [1.29, 1.82) is 0 Å². The Kier molecular flexibility index (Phi) is 4.07. The Morgan fingerprint density at radius 2 is 1.94 bits per heavy atom. The van der Waals surface area contributed by atoms with Crippen LogP contribution in [0.25, 0.3) is 0 Å². The van der Waals surface area contributed by atoms with Crippen molar-refractivity contribution in [2.45, 2.75) is 37.3 Å². The molecule has 3 N–H and O–H groups in total. The van der Waals surface area contributed by atoms with Crippen LogP contribution in [-0.4, -0.2) is 28.7 Å². The molecule has 100 valence electrons. The summed E-state index contributed by atoms with van der Waals surface area (Å²) < 4.78 is 0. The number of phenols is 1. The molecular weight excluding hydrogens is 244 g/mol. The van der Waals surface area contributed by atoms with Crippen LogP contribution in [0.1, 0.15) is 32.4 Å². The molecule has 1 aromatic carbocycles. The number of benzene rings is 1. The summed E-state index contributed by atoms with van der Waals surface area (Å²) in [5.74, 6) is 0.307. The van der Waals surface area contributed by atoms with E-state index in [9.17, 15) is 5.11 Å². The molecule has 0 spiro atoms. The van der Waals surface area contributed by atoms with Crippen LogP contribution in [0.4, 0.5) is 5.69 Å². The third-order valence-corrected chi connectivity index (χ3v) is 4.52. The Hall–Kier alpha value is -0.870. The summed E-state index contributed by atoms with van der Waals surface area (Å²) in [4.78, 5) is 2.34. The molecule has 3 atom stereocenters. The topological polar surface area (TPSA) is 49.5 Å². The van der Waals surface area contributed by atoms with Crippen LogP contribution in [-0.2, 0) is 0 Å². The van der Waals surface area contributed by atoms with Crippen LogP contribution in [0.2, 0.25) is 0 Å². The third-order valence-electron chi connectivity index (χ3n) is 3.29. The maximum Gasteiger partial charge on any atom is 0.122 e. The minimum Gasteiger partial charge on any atom is -0.508 e. The molecule has 0 saturated carbocycles. The van der Waals surface area contributed by atoms with Gasteiger partial charge in [0.2, 0.25) is 0 Å². The van der Waals surface area contributed by atoms with Gasteiger partial charge in [-0.05, 0) is 13.0 Å². The molecule has 0 bridgehead atoms. The summed E-state index contributed by atoms with van der Waals surface area (Å²) in [5, 5.41) is 11.3. The van der Waals surface area contributed by atoms with Crippen molar-refractivity contribution in [3.8, 4) is 5.75 Å². The summed E-state index contributed by atoms with van der Waals surface area (Å²) in [6.07, 6.45) is 0. The summed E-state index contributed by atoms with van der Waals surface area (Å²) in [6, 6.07) is 5.71. The average molecular weight is 266 g/mol. The fourth-order valence-electron chi connectivity index (χ4n) is 2.50. The molecule has 18 heavy (non-hydrogen) atoms. The first-order chi connectivity index (χ1) is 8.47. The fraction of sp³-hybridized carbons (Fsp3) is 0.571. The van der Waals surface area contributed by atoms with E-state index in [1.807, 2.05) is 30.8 Å². The number of nitrogens with two attached hydrogens (primary N) is 1. The predicted molar refractivity (Wildman–Crippen MR) is 79.4 cm³/mol. The summed E-state index contributed by atoms with van der Waals surface area (Å²) in [5.41, 5.74) is 7.71. The predicted octanol–water partition coefficient (Wildman–Crippen LogP) is 2.74. The van der Waals surface area contributed by atoms with Gasteiger partial charge in [-0.3, -0.25) is 0 Å². The van der Waals surface area contributed by atoms with E-state index >= 15 is 0 Å². The zero-order valence-electron chi connectivity index (χ0n) is 11.3. The Bertz CT molecular complexity index is 412. The van der Waals surface area contributed by atoms with Crippen molar-refractivity contribution in [1.82, 2.24) is 0 Å². The first kappa shape index (κ1) is 13.6. The van der Waals surface area contributed by atoms with E-state index in [4.69, 9.17) is 5.73 Å². The minimum absolute atomic E-state index is 0.131. The van der Waals surface area contributed by atoms with E-state index in [0.717, 1.165) is 24.3 Å². The van der Waals surface area contributed by atoms with E-state index in [-0.39, 0.29) is 6.04 Å². The molecule has 3 nitrogen and oxygen atoms in total. The number of phenolic OH excluding ortho intramolecular Hbond substituents is 1. The van der Waals surface area contributed by atoms with Gasteiger partial charge in [-0.2, -0.15) is 11.8 Å². The maximum absolute atomic E-state index is 10.0. The molecule has 1 saturated heterocycles. The summed E-state index contributed by atoms with van der Waals surface area (Å²) >= 11 is 2.03. The van der Waals surface area contributed by atoms with Crippen molar-refractivity contribution < 1.29 is 5.11 Å². The van der Waals surface area contributed by atoms with Gasteiger partial charge in [-0.15, -0.1) is 0 Å². The van der Waals surface area contributed by atoms with Crippen LogP contribution in [0, 0.1) is 0 Å². The second-order valence-corrected chi connectivity index (χ2v) is 7.08. The van der Waals surface area contributed by atoms with Gasteiger partial charge in [0.05, 0.1) is 0 Å². The van der Waals surface area contributed by atoms with Gasteiger partial charge in [0, 0.05) is 46.9 Å². The van der Waals surface area contributed by atoms with E-state index in [0.29, 0.717) is 16.2 Å². The Balaban J connectivity index is 2.21. The number of rotatable bonds is 2. The number of hydrogen-bond acceptors (Lipinski definition) is 4. The molecule has 0 aliphatic carbocycles. The van der Waals surface area contributed by atoms with E-state index in [2.05, 4.69) is 24.8 Å². The summed E-state index contributed by atoms with van der Waals surface area (Å²) in [7, 11) is 0. The van der Waals surface area contributed by atoms with Gasteiger partial charge in [-0.1, -0.05) is 19.9 Å². The monoisotopic (exact) mass is 266 g/mol.